The van der Waals surface area contributed by atoms with Crippen molar-refractivity contribution in [1.29, 1.82) is 0 Å². The van der Waals surface area contributed by atoms with Crippen molar-refractivity contribution in [3.8, 4) is 0 Å². The molecule has 1 aliphatic heterocycles. The molecule has 2 N–H and O–H groups in total. The van der Waals surface area contributed by atoms with Gasteiger partial charge >= 0.3 is 11.9 Å². The fourth-order valence-electron chi connectivity index (χ4n) is 4.11. The summed E-state index contributed by atoms with van der Waals surface area (Å²) in [5.41, 5.74) is 0.875. The Morgan fingerprint density at radius 2 is 1.25 bits per heavy atom. The van der Waals surface area contributed by atoms with Gasteiger partial charge in [-0.1, -0.05) is 68.5 Å². The van der Waals surface area contributed by atoms with Crippen LogP contribution in [0.3, 0.4) is 0 Å². The average molecular weight is 559 g/mol. The van der Waals surface area contributed by atoms with Crippen LogP contribution in [0.25, 0.3) is 0 Å². The van der Waals surface area contributed by atoms with E-state index in [-0.39, 0.29) is 56.1 Å². The zero-order valence-corrected chi connectivity index (χ0v) is 24.0. The molecular formula is C30H42N2O8. The lowest BCUT2D eigenvalue weighted by Crippen LogP contribution is -2.44. The van der Waals surface area contributed by atoms with Crippen molar-refractivity contribution in [3.63, 3.8) is 0 Å². The third kappa shape index (κ3) is 11.3. The molecule has 1 aromatic rings. The number of esters is 2. The van der Waals surface area contributed by atoms with Crippen LogP contribution in [0, 0.1) is 11.8 Å². The minimum atomic E-state index is -0.890. The number of hydrogen-bond acceptors (Lipinski definition) is 8. The third-order valence-electron chi connectivity index (χ3n) is 6.68. The molecular weight excluding hydrogens is 516 g/mol. The van der Waals surface area contributed by atoms with Crippen LogP contribution in [0.5, 0.6) is 0 Å². The number of carbonyl (C=O) groups is 4. The van der Waals surface area contributed by atoms with Crippen LogP contribution in [0.2, 0.25) is 0 Å². The number of hydrogen-bond donors (Lipinski definition) is 2. The molecule has 2 rings (SSSR count). The van der Waals surface area contributed by atoms with Gasteiger partial charge in [0.05, 0.1) is 12.2 Å². The molecule has 2 amide bonds. The second-order valence-corrected chi connectivity index (χ2v) is 9.89. The summed E-state index contributed by atoms with van der Waals surface area (Å²) in [6.45, 7) is 5.24. The Balaban J connectivity index is 2.23. The Morgan fingerprint density at radius 3 is 1.77 bits per heavy atom. The quantitative estimate of drug-likeness (QED) is 0.426. The summed E-state index contributed by atoms with van der Waals surface area (Å²) in [6.07, 6.45) is 6.36. The van der Waals surface area contributed by atoms with E-state index in [0.717, 1.165) is 5.56 Å². The molecule has 1 aromatic carbocycles. The second kappa shape index (κ2) is 17.2. The van der Waals surface area contributed by atoms with Crippen molar-refractivity contribution in [2.24, 2.45) is 11.8 Å². The summed E-state index contributed by atoms with van der Waals surface area (Å²) >= 11 is 0. The van der Waals surface area contributed by atoms with Gasteiger partial charge in [0, 0.05) is 45.3 Å². The van der Waals surface area contributed by atoms with Gasteiger partial charge in [-0.2, -0.15) is 0 Å². The number of methoxy groups -OCH3 is 2. The Labute approximate surface area is 236 Å². The monoisotopic (exact) mass is 558 g/mol. The first kappa shape index (κ1) is 32.7. The molecule has 40 heavy (non-hydrogen) atoms. The Kier molecular flexibility index (Phi) is 14.1. The third-order valence-corrected chi connectivity index (χ3v) is 6.68. The van der Waals surface area contributed by atoms with Gasteiger partial charge in [-0.15, -0.1) is 0 Å². The van der Waals surface area contributed by atoms with E-state index in [0.29, 0.717) is 0 Å². The van der Waals surface area contributed by atoms with Gasteiger partial charge in [0.2, 0.25) is 11.8 Å². The van der Waals surface area contributed by atoms with Crippen molar-refractivity contribution in [1.82, 2.24) is 10.6 Å². The van der Waals surface area contributed by atoms with E-state index in [9.17, 15) is 19.2 Å². The van der Waals surface area contributed by atoms with E-state index >= 15 is 0 Å². The second-order valence-electron chi connectivity index (χ2n) is 9.89. The number of amides is 2. The molecule has 0 spiro atoms. The van der Waals surface area contributed by atoms with E-state index in [1.807, 2.05) is 44.2 Å². The first-order valence-corrected chi connectivity index (χ1v) is 13.5. The molecule has 0 saturated heterocycles. The normalized spacial score (nSPS) is 29.9. The maximum Gasteiger partial charge on any atom is 0.329 e. The van der Waals surface area contributed by atoms with Crippen LogP contribution in [0.15, 0.2) is 54.6 Å². The minimum absolute atomic E-state index is 0.0198. The SMILES string of the molecule is CO[C@@H]1COC(=O)[C@H](C)NC(=O)C/C=C/[C@@H](C)[C@H](OC)COC(=O)[C@H](Cc2ccccc2)NC(=O)C/C=C/[C@H]1C. The van der Waals surface area contributed by atoms with Gasteiger partial charge in [-0.3, -0.25) is 9.59 Å². The van der Waals surface area contributed by atoms with Gasteiger partial charge in [-0.25, -0.2) is 9.59 Å². The standard InChI is InChI=1S/C30H42N2O8/c1-20-12-10-16-28(34)32-24(17-23-13-7-6-8-14-23)30(36)40-19-26(38-5)21(2)11-9-15-27(33)31-22(3)29(35)39-18-25(20)37-4/h6-14,20-22,24-26H,15-19H2,1-5H3,(H,31,33)(H,32,34)/b11-9+,12-10+/t20-,21-,22+,24+,25-,26-/m1/s1. The summed E-state index contributed by atoms with van der Waals surface area (Å²) in [5.74, 6) is -2.19. The first-order chi connectivity index (χ1) is 19.1. The van der Waals surface area contributed by atoms with Gasteiger partial charge in [0.1, 0.15) is 25.3 Å². The topological polar surface area (TPSA) is 129 Å². The molecule has 0 aromatic heterocycles. The summed E-state index contributed by atoms with van der Waals surface area (Å²) in [6, 6.07) is 7.63. The number of cyclic esters (lactones) is 2. The molecule has 0 saturated carbocycles. The molecule has 10 heteroatoms. The molecule has 10 nitrogen and oxygen atoms in total. The first-order valence-electron chi connectivity index (χ1n) is 13.5. The Hall–Kier alpha value is -3.50. The van der Waals surface area contributed by atoms with Crippen molar-refractivity contribution < 1.29 is 38.1 Å². The molecule has 0 fully saturated rings. The minimum Gasteiger partial charge on any atom is -0.461 e. The maximum atomic E-state index is 13.1. The van der Waals surface area contributed by atoms with Crippen molar-refractivity contribution >= 4 is 23.8 Å². The number of rotatable bonds is 4. The summed E-state index contributed by atoms with van der Waals surface area (Å²) in [7, 11) is 3.02. The number of ether oxygens (including phenoxy) is 4. The highest BCUT2D eigenvalue weighted by Gasteiger charge is 2.26. The highest BCUT2D eigenvalue weighted by molar-refractivity contribution is 5.85. The molecule has 6 atom stereocenters. The molecule has 1 aliphatic rings. The molecule has 0 bridgehead atoms. The number of benzene rings is 1. The van der Waals surface area contributed by atoms with E-state index in [1.165, 1.54) is 14.2 Å². The lowest BCUT2D eigenvalue weighted by Gasteiger charge is -2.23. The van der Waals surface area contributed by atoms with Crippen molar-refractivity contribution in [3.05, 3.63) is 60.2 Å². The van der Waals surface area contributed by atoms with Crippen LogP contribution in [-0.4, -0.2) is 75.5 Å². The van der Waals surface area contributed by atoms with Gasteiger partial charge in [0.15, 0.2) is 0 Å². The largest absolute Gasteiger partial charge is 0.461 e. The molecule has 0 aliphatic carbocycles. The molecule has 1 heterocycles. The summed E-state index contributed by atoms with van der Waals surface area (Å²) in [4.78, 5) is 50.6. The van der Waals surface area contributed by atoms with Gasteiger partial charge in [-0.05, 0) is 12.5 Å². The number of carbonyl (C=O) groups excluding carboxylic acids is 4. The zero-order chi connectivity index (χ0) is 29.5. The van der Waals surface area contributed by atoms with Crippen LogP contribution in [0.1, 0.15) is 39.2 Å². The van der Waals surface area contributed by atoms with E-state index in [1.54, 1.807) is 31.2 Å². The lowest BCUT2D eigenvalue weighted by atomic mass is 10.0. The van der Waals surface area contributed by atoms with Crippen LogP contribution >= 0.6 is 0 Å². The molecule has 220 valence electrons. The fourth-order valence-corrected chi connectivity index (χ4v) is 4.11. The van der Waals surface area contributed by atoms with E-state index in [2.05, 4.69) is 10.6 Å². The average Bonchev–Trinajstić information content (AvgIpc) is 2.93. The zero-order valence-electron chi connectivity index (χ0n) is 24.0. The van der Waals surface area contributed by atoms with Crippen LogP contribution in [0.4, 0.5) is 0 Å². The highest BCUT2D eigenvalue weighted by atomic mass is 16.6. The summed E-state index contributed by atoms with van der Waals surface area (Å²) in [5, 5.41) is 5.41. The van der Waals surface area contributed by atoms with Crippen LogP contribution < -0.4 is 10.6 Å². The van der Waals surface area contributed by atoms with E-state index < -0.39 is 36.2 Å². The summed E-state index contributed by atoms with van der Waals surface area (Å²) < 4.78 is 21.9. The highest BCUT2D eigenvalue weighted by Crippen LogP contribution is 2.13. The Morgan fingerprint density at radius 1 is 0.750 bits per heavy atom. The predicted octanol–water partition coefficient (Wildman–Crippen LogP) is 2.51. The van der Waals surface area contributed by atoms with Crippen molar-refractivity contribution in [2.45, 2.75) is 64.3 Å². The smallest absolute Gasteiger partial charge is 0.329 e. The number of nitrogens with one attached hydrogen (secondary N) is 2. The maximum absolute atomic E-state index is 13.1. The van der Waals surface area contributed by atoms with Crippen molar-refractivity contribution in [2.75, 3.05) is 27.4 Å². The predicted molar refractivity (Wildman–Crippen MR) is 149 cm³/mol. The van der Waals surface area contributed by atoms with E-state index in [4.69, 9.17) is 18.9 Å². The lowest BCUT2D eigenvalue weighted by molar-refractivity contribution is -0.152. The fraction of sp³-hybridized carbons (Fsp3) is 0.533. The molecule has 0 radical (unpaired) electrons. The molecule has 0 unspecified atom stereocenters. The Bertz CT molecular complexity index is 1030. The van der Waals surface area contributed by atoms with Crippen LogP contribution in [-0.2, 0) is 44.5 Å². The van der Waals surface area contributed by atoms with Gasteiger partial charge < -0.3 is 29.6 Å². The van der Waals surface area contributed by atoms with Gasteiger partial charge in [0.25, 0.3) is 0 Å².